The highest BCUT2D eigenvalue weighted by molar-refractivity contribution is 8.02. The van der Waals surface area contributed by atoms with Gasteiger partial charge in [0, 0.05) is 31.4 Å². The first-order valence-corrected chi connectivity index (χ1v) is 17.7. The van der Waals surface area contributed by atoms with Crippen molar-refractivity contribution >= 4 is 29.5 Å². The van der Waals surface area contributed by atoms with Crippen LogP contribution < -0.4 is 0 Å². The molecule has 46 heavy (non-hydrogen) atoms. The van der Waals surface area contributed by atoms with Gasteiger partial charge in [-0.3, -0.25) is 14.4 Å². The van der Waals surface area contributed by atoms with Crippen LogP contribution in [0.3, 0.4) is 0 Å². The number of carbonyl (C=O) groups is 3. The number of nitrogens with zero attached hydrogens (tertiary/aromatic N) is 3. The zero-order valence-corrected chi connectivity index (χ0v) is 28.1. The second-order valence-electron chi connectivity index (χ2n) is 13.1. The van der Waals surface area contributed by atoms with Crippen LogP contribution in [0.1, 0.15) is 50.7 Å². The van der Waals surface area contributed by atoms with E-state index in [0.717, 1.165) is 36.8 Å². The number of amides is 3. The number of rotatable bonds is 16. The van der Waals surface area contributed by atoms with Gasteiger partial charge < -0.3 is 19.8 Å². The number of likely N-dealkylation sites (tertiary alicyclic amines) is 1. The van der Waals surface area contributed by atoms with Gasteiger partial charge in [-0.1, -0.05) is 99.5 Å². The van der Waals surface area contributed by atoms with Crippen LogP contribution in [0, 0.1) is 17.8 Å². The maximum Gasteiger partial charge on any atom is 0.247 e. The Labute approximate surface area is 278 Å². The van der Waals surface area contributed by atoms with Crippen LogP contribution in [-0.4, -0.2) is 85.8 Å². The van der Waals surface area contributed by atoms with Crippen LogP contribution in [0.2, 0.25) is 0 Å². The van der Waals surface area contributed by atoms with Gasteiger partial charge in [0.25, 0.3) is 0 Å². The second kappa shape index (κ2) is 15.0. The summed E-state index contributed by atoms with van der Waals surface area (Å²) < 4.78 is -0.764. The number of aliphatic hydroxyl groups is 1. The van der Waals surface area contributed by atoms with Gasteiger partial charge in [-0.15, -0.1) is 24.9 Å². The molecule has 1 spiro atoms. The molecule has 7 nitrogen and oxygen atoms in total. The molecule has 5 rings (SSSR count). The summed E-state index contributed by atoms with van der Waals surface area (Å²) in [5.41, 5.74) is 2.00. The first kappa shape index (κ1) is 34.0. The highest BCUT2D eigenvalue weighted by atomic mass is 32.2. The molecule has 3 aliphatic rings. The van der Waals surface area contributed by atoms with Crippen LogP contribution in [0.4, 0.5) is 0 Å². The van der Waals surface area contributed by atoms with E-state index in [9.17, 15) is 19.5 Å². The van der Waals surface area contributed by atoms with Crippen molar-refractivity contribution in [1.29, 1.82) is 0 Å². The van der Waals surface area contributed by atoms with Crippen molar-refractivity contribution in [1.82, 2.24) is 14.7 Å². The van der Waals surface area contributed by atoms with Crippen LogP contribution in [0.5, 0.6) is 0 Å². The van der Waals surface area contributed by atoms with Gasteiger partial charge in [-0.25, -0.2) is 0 Å². The fourth-order valence-corrected chi connectivity index (χ4v) is 10.5. The largest absolute Gasteiger partial charge is 0.394 e. The lowest BCUT2D eigenvalue weighted by atomic mass is 9.65. The Balaban J connectivity index is 1.56. The average molecular weight is 644 g/mol. The zero-order valence-electron chi connectivity index (χ0n) is 27.3. The Kier molecular flexibility index (Phi) is 11.1. The molecule has 3 amide bonds. The zero-order chi connectivity index (χ0) is 32.8. The second-order valence-corrected chi connectivity index (χ2v) is 14.6. The number of thioether (sulfide) groups is 1. The van der Waals surface area contributed by atoms with E-state index in [2.05, 4.69) is 27.0 Å². The third-order valence-electron chi connectivity index (χ3n) is 10.2. The number of hydrogen-bond acceptors (Lipinski definition) is 5. The Morgan fingerprint density at radius 1 is 1.00 bits per heavy atom. The van der Waals surface area contributed by atoms with Crippen molar-refractivity contribution in [3.63, 3.8) is 0 Å². The highest BCUT2D eigenvalue weighted by Gasteiger charge is 2.77. The van der Waals surface area contributed by atoms with Gasteiger partial charge in [0.2, 0.25) is 17.7 Å². The molecule has 3 heterocycles. The van der Waals surface area contributed by atoms with Crippen LogP contribution in [-0.2, 0) is 27.3 Å². The minimum absolute atomic E-state index is 0.0405. The summed E-state index contributed by atoms with van der Waals surface area (Å²) in [5.74, 6) is -1.50. The molecule has 3 aliphatic heterocycles. The lowest BCUT2D eigenvalue weighted by Crippen LogP contribution is -2.59. The predicted molar refractivity (Wildman–Crippen MR) is 185 cm³/mol. The van der Waals surface area contributed by atoms with Gasteiger partial charge in [-0.2, -0.15) is 0 Å². The molecule has 0 saturated carbocycles. The van der Waals surface area contributed by atoms with Crippen molar-refractivity contribution in [2.24, 2.45) is 17.8 Å². The highest BCUT2D eigenvalue weighted by Crippen LogP contribution is 2.69. The molecule has 2 bridgehead atoms. The van der Waals surface area contributed by atoms with Crippen molar-refractivity contribution in [2.45, 2.75) is 74.6 Å². The summed E-state index contributed by atoms with van der Waals surface area (Å²) in [6, 6.07) is 18.3. The summed E-state index contributed by atoms with van der Waals surface area (Å²) in [6.07, 6.45) is 7.56. The molecule has 2 aromatic carbocycles. The maximum absolute atomic E-state index is 14.9. The lowest BCUT2D eigenvalue weighted by Gasteiger charge is -2.42. The third-order valence-corrected chi connectivity index (χ3v) is 12.3. The fraction of sp³-hybridized carbons (Fsp3) is 0.500. The topological polar surface area (TPSA) is 81.2 Å². The molecule has 0 aromatic heterocycles. The van der Waals surface area contributed by atoms with Gasteiger partial charge >= 0.3 is 0 Å². The Hall–Kier alpha value is -3.36. The molecule has 2 aromatic rings. The first-order chi connectivity index (χ1) is 22.3. The van der Waals surface area contributed by atoms with Crippen LogP contribution >= 0.6 is 11.8 Å². The van der Waals surface area contributed by atoms with E-state index < -0.39 is 28.7 Å². The van der Waals surface area contributed by atoms with E-state index >= 15 is 0 Å². The third kappa shape index (κ3) is 6.30. The summed E-state index contributed by atoms with van der Waals surface area (Å²) in [6.45, 7) is 13.6. The standard InChI is InChI=1S/C38H49N3O4S/c1-5-8-15-22-39(20-6-2)37(45)34-38-27(4)23-31(46-38)32(35(43)40(21-7-3)25-29-18-13-10-14-19-29)33(38)36(44)41(34)30(26-42)24-28-16-11-9-12-17-28/h6-7,9-14,16-19,27,30-34,42H,2-3,5,8,15,20-26H2,1,4H3/t27?,30-,31+,32-,33+,34?,38?/m1/s1. The molecule has 246 valence electrons. The summed E-state index contributed by atoms with van der Waals surface area (Å²) in [7, 11) is 0. The average Bonchev–Trinajstić information content (AvgIpc) is 3.67. The molecule has 3 unspecified atom stereocenters. The Bertz CT molecular complexity index is 1390. The molecule has 0 aliphatic carbocycles. The molecule has 0 radical (unpaired) electrons. The first-order valence-electron chi connectivity index (χ1n) is 16.8. The number of fused-ring (bicyclic) bond motifs is 1. The van der Waals surface area contributed by atoms with Crippen LogP contribution in [0.15, 0.2) is 86.0 Å². The molecule has 8 heteroatoms. The van der Waals surface area contributed by atoms with Crippen LogP contribution in [0.25, 0.3) is 0 Å². The summed E-state index contributed by atoms with van der Waals surface area (Å²) >= 11 is 1.69. The van der Waals surface area contributed by atoms with E-state index in [0.29, 0.717) is 32.6 Å². The van der Waals surface area contributed by atoms with E-state index in [-0.39, 0.29) is 35.5 Å². The summed E-state index contributed by atoms with van der Waals surface area (Å²) in [4.78, 5) is 49.7. The van der Waals surface area contributed by atoms with Crippen molar-refractivity contribution in [2.75, 3.05) is 26.2 Å². The van der Waals surface area contributed by atoms with Crippen molar-refractivity contribution in [3.8, 4) is 0 Å². The Morgan fingerprint density at radius 3 is 2.24 bits per heavy atom. The molecular formula is C38H49N3O4S. The number of carbonyl (C=O) groups excluding carboxylic acids is 3. The molecule has 3 fully saturated rings. The number of hydrogen-bond donors (Lipinski definition) is 1. The molecule has 1 N–H and O–H groups in total. The molecule has 7 atom stereocenters. The van der Waals surface area contributed by atoms with E-state index in [1.807, 2.05) is 70.5 Å². The molecule has 3 saturated heterocycles. The minimum atomic E-state index is -0.780. The SMILES string of the molecule is C=CCN(CCCCC)C(=O)C1N([C@@H](CO)Cc2ccccc2)C(=O)[C@@H]2[C@H](C(=O)N(CC=C)Cc3ccccc3)[C@@H]3CC(C)C12S3. The van der Waals surface area contributed by atoms with Crippen molar-refractivity contribution in [3.05, 3.63) is 97.1 Å². The minimum Gasteiger partial charge on any atom is -0.394 e. The predicted octanol–water partition coefficient (Wildman–Crippen LogP) is 5.35. The number of unbranched alkanes of at least 4 members (excludes halogenated alkanes) is 2. The maximum atomic E-state index is 14.9. The smallest absolute Gasteiger partial charge is 0.247 e. The quantitative estimate of drug-likeness (QED) is 0.197. The van der Waals surface area contributed by atoms with E-state index in [1.54, 1.807) is 28.8 Å². The van der Waals surface area contributed by atoms with Gasteiger partial charge in [0.1, 0.15) is 6.04 Å². The van der Waals surface area contributed by atoms with Crippen molar-refractivity contribution < 1.29 is 19.5 Å². The van der Waals surface area contributed by atoms with Gasteiger partial charge in [0.15, 0.2) is 0 Å². The normalized spacial score (nSPS) is 26.9. The monoisotopic (exact) mass is 643 g/mol. The Morgan fingerprint density at radius 2 is 1.63 bits per heavy atom. The van der Waals surface area contributed by atoms with Gasteiger partial charge in [0.05, 0.1) is 29.2 Å². The molecular weight excluding hydrogens is 595 g/mol. The fourth-order valence-electron chi connectivity index (χ4n) is 8.13. The summed E-state index contributed by atoms with van der Waals surface area (Å²) in [5, 5.41) is 10.8. The number of benzene rings is 2. The van der Waals surface area contributed by atoms with E-state index in [4.69, 9.17) is 0 Å². The van der Waals surface area contributed by atoms with E-state index in [1.165, 1.54) is 0 Å². The number of aliphatic hydroxyl groups excluding tert-OH is 1. The lowest BCUT2D eigenvalue weighted by molar-refractivity contribution is -0.147. The van der Waals surface area contributed by atoms with Gasteiger partial charge in [-0.05, 0) is 36.3 Å².